The zero-order chi connectivity index (χ0) is 50.3. The summed E-state index contributed by atoms with van der Waals surface area (Å²) in [7, 11) is 1.60. The van der Waals surface area contributed by atoms with Crippen LogP contribution < -0.4 is 15.5 Å². The number of alkyl halides is 9. The smallest absolute Gasteiger partial charge is 0.490 e. The molecule has 1 saturated heterocycles. The molecule has 2 aromatic heterocycles. The summed E-state index contributed by atoms with van der Waals surface area (Å²) in [4.78, 5) is 77.6. The first-order valence-corrected chi connectivity index (χ1v) is 20.0. The number of aliphatic carboxylic acids is 3. The van der Waals surface area contributed by atoms with Crippen LogP contribution in [0.25, 0.3) is 38.1 Å². The number of carboxylic acid groups (broad SMARTS) is 3. The lowest BCUT2D eigenvalue weighted by Gasteiger charge is -2.35. The van der Waals surface area contributed by atoms with E-state index in [1.807, 2.05) is 65.1 Å². The summed E-state index contributed by atoms with van der Waals surface area (Å²) in [5.41, 5.74) is 4.50. The van der Waals surface area contributed by atoms with E-state index in [-0.39, 0.29) is 17.2 Å². The minimum Gasteiger partial charge on any atom is -0.497 e. The Labute approximate surface area is 377 Å². The molecule has 4 aromatic carbocycles. The van der Waals surface area contributed by atoms with Crippen molar-refractivity contribution < 1.29 is 83.5 Å². The number of piperazine rings is 1. The molecule has 4 N–H and O–H groups in total. The molecule has 0 bridgehead atoms. The number of hydrogen-bond acceptors (Lipinski definition) is 11. The third kappa shape index (κ3) is 12.2. The zero-order valence-electron chi connectivity index (χ0n) is 35.3. The van der Waals surface area contributed by atoms with E-state index in [1.165, 1.54) is 4.90 Å². The van der Waals surface area contributed by atoms with Gasteiger partial charge in [-0.25, -0.2) is 19.4 Å². The predicted octanol–water partition coefficient (Wildman–Crippen LogP) is 6.61. The number of nitrogens with one attached hydrogen (secondary N) is 1. The van der Waals surface area contributed by atoms with Gasteiger partial charge in [0.25, 0.3) is 11.8 Å². The predicted molar refractivity (Wildman–Crippen MR) is 225 cm³/mol. The second-order valence-corrected chi connectivity index (χ2v) is 14.9. The fraction of sp³-hybridized carbons (Fsp3) is 0.326. The first kappa shape index (κ1) is 51.7. The number of anilines is 1. The van der Waals surface area contributed by atoms with Crippen molar-refractivity contribution in [2.75, 3.05) is 64.8 Å². The molecule has 6 aromatic rings. The highest BCUT2D eigenvalue weighted by atomic mass is 19.4. The Morgan fingerprint density at radius 2 is 1.18 bits per heavy atom. The van der Waals surface area contributed by atoms with Gasteiger partial charge >= 0.3 is 36.4 Å². The fourth-order valence-electron chi connectivity index (χ4n) is 7.33. The average molecular weight is 971 g/mol. The lowest BCUT2D eigenvalue weighted by Crippen LogP contribution is -2.48. The Morgan fingerprint density at radius 3 is 1.66 bits per heavy atom. The number of imidazole rings is 1. The van der Waals surface area contributed by atoms with Crippen LogP contribution in [0.15, 0.2) is 77.9 Å². The van der Waals surface area contributed by atoms with E-state index >= 15 is 0 Å². The van der Waals surface area contributed by atoms with E-state index in [9.17, 15) is 53.9 Å². The maximum Gasteiger partial charge on any atom is 0.490 e. The summed E-state index contributed by atoms with van der Waals surface area (Å²) >= 11 is 0. The second kappa shape index (κ2) is 21.1. The van der Waals surface area contributed by atoms with Crippen LogP contribution in [0.5, 0.6) is 5.75 Å². The number of hydrogen-bond donors (Lipinski definition) is 4. The zero-order valence-corrected chi connectivity index (χ0v) is 35.3. The highest BCUT2D eigenvalue weighted by molar-refractivity contribution is 6.25. The van der Waals surface area contributed by atoms with E-state index in [0.717, 1.165) is 91.7 Å². The van der Waals surface area contributed by atoms with Gasteiger partial charge in [-0.1, -0.05) is 24.3 Å². The number of carbonyl (C=O) groups excluding carboxylic acids is 2. The summed E-state index contributed by atoms with van der Waals surface area (Å²) in [6.45, 7) is 6.85. The molecular formula is C43H39F9N6O10. The molecule has 1 fully saturated rings. The highest BCUT2D eigenvalue weighted by Gasteiger charge is 2.39. The van der Waals surface area contributed by atoms with Crippen molar-refractivity contribution in [2.45, 2.75) is 31.4 Å². The number of aromatic nitrogens is 2. The van der Waals surface area contributed by atoms with Crippen molar-refractivity contribution >= 4 is 73.5 Å². The number of ether oxygens (including phenoxy) is 1. The molecule has 8 rings (SSSR count). The number of rotatable bonds is 10. The van der Waals surface area contributed by atoms with E-state index in [2.05, 4.69) is 20.1 Å². The molecule has 0 saturated carbocycles. The maximum atomic E-state index is 13.7. The topological polar surface area (TPSA) is 211 Å². The molecule has 4 heterocycles. The van der Waals surface area contributed by atoms with Crippen molar-refractivity contribution in [1.82, 2.24) is 24.1 Å². The molecule has 0 spiro atoms. The van der Waals surface area contributed by atoms with E-state index in [1.54, 1.807) is 19.5 Å². The molecule has 364 valence electrons. The van der Waals surface area contributed by atoms with Crippen LogP contribution in [0.1, 0.15) is 33.6 Å². The molecule has 2 aliphatic rings. The summed E-state index contributed by atoms with van der Waals surface area (Å²) in [5.74, 6) is -8.00. The first-order valence-electron chi connectivity index (χ1n) is 20.0. The van der Waals surface area contributed by atoms with Gasteiger partial charge in [0.15, 0.2) is 5.43 Å². The molecule has 2 amide bonds. The minimum atomic E-state index is -5.08. The number of carbonyl (C=O) groups is 5. The molecule has 0 unspecified atom stereocenters. The van der Waals surface area contributed by atoms with Gasteiger partial charge in [0, 0.05) is 61.5 Å². The molecule has 68 heavy (non-hydrogen) atoms. The lowest BCUT2D eigenvalue weighted by molar-refractivity contribution is -0.193. The summed E-state index contributed by atoms with van der Waals surface area (Å²) < 4.78 is 103. The van der Waals surface area contributed by atoms with Crippen molar-refractivity contribution in [3.05, 3.63) is 94.4 Å². The van der Waals surface area contributed by atoms with Crippen LogP contribution in [-0.2, 0) is 14.4 Å². The number of halogens is 9. The summed E-state index contributed by atoms with van der Waals surface area (Å²) in [6, 6.07) is 20.8. The van der Waals surface area contributed by atoms with E-state index < -0.39 is 36.4 Å². The molecule has 0 atom stereocenters. The molecule has 0 aliphatic carbocycles. The van der Waals surface area contributed by atoms with Crippen LogP contribution in [0.4, 0.5) is 45.2 Å². The van der Waals surface area contributed by atoms with Crippen LogP contribution >= 0.6 is 0 Å². The van der Waals surface area contributed by atoms with E-state index in [4.69, 9.17) is 34.4 Å². The normalized spacial score (nSPS) is 14.5. The van der Waals surface area contributed by atoms with Crippen molar-refractivity contribution in [2.24, 2.45) is 0 Å². The molecular weight excluding hydrogens is 931 g/mol. The van der Waals surface area contributed by atoms with Crippen LogP contribution in [0.2, 0.25) is 0 Å². The number of nitrogens with zero attached hydrogens (tertiary/aromatic N) is 5. The number of methoxy groups -OCH3 is 1. The Bertz CT molecular complexity index is 2770. The van der Waals surface area contributed by atoms with Crippen molar-refractivity contribution in [1.29, 1.82) is 0 Å². The minimum absolute atomic E-state index is 0.0210. The van der Waals surface area contributed by atoms with Crippen molar-refractivity contribution in [3.63, 3.8) is 0 Å². The highest BCUT2D eigenvalue weighted by Crippen LogP contribution is 2.31. The van der Waals surface area contributed by atoms with Gasteiger partial charge in [-0.3, -0.25) is 23.7 Å². The number of fused-ring (bicyclic) bond motifs is 2. The monoisotopic (exact) mass is 970 g/mol. The quantitative estimate of drug-likeness (QED) is 0.0493. The van der Waals surface area contributed by atoms with Gasteiger partial charge in [0.05, 0.1) is 34.4 Å². The molecule has 2 aliphatic heterocycles. The Kier molecular flexibility index (Phi) is 16.1. The number of carboxylic acids is 3. The van der Waals surface area contributed by atoms with Gasteiger partial charge in [-0.15, -0.1) is 0 Å². The first-order chi connectivity index (χ1) is 31.8. The van der Waals surface area contributed by atoms with Crippen LogP contribution in [0.3, 0.4) is 0 Å². The standard InChI is InChI=1S/C37H36N6O4.3C2HF3O2/c1-47-25-10-13-31-28(22-25)35(44)33-29(11-12-30-34(33)43(31)23-39-30)38-14-4-15-40-18-20-41(21-19-40)16-5-17-42-36(45)26-8-2-6-24-7-3-9-27(32(24)26)37(42)46;3*3-2(4,5)1(6)7/h2-3,6-13,22-23,38H,4-5,14-21H2,1H3;3*(H,6,7). The third-order valence-corrected chi connectivity index (χ3v) is 10.5. The number of pyridine rings is 1. The van der Waals surface area contributed by atoms with Crippen LogP contribution in [0, 0.1) is 0 Å². The van der Waals surface area contributed by atoms with Crippen molar-refractivity contribution in [3.8, 4) is 5.75 Å². The average Bonchev–Trinajstić information content (AvgIpc) is 3.72. The SMILES string of the molecule is COc1ccc2c(c1)c(=O)c1c(NCCCN3CCN(CCCN4C(=O)c5cccc6cccc(c56)C4=O)CC3)ccc3ncn2c31.O=C(O)C(F)(F)F.O=C(O)C(F)(F)F.O=C(O)C(F)(F)F. The fourth-order valence-corrected chi connectivity index (χ4v) is 7.33. The number of benzene rings is 4. The molecule has 16 nitrogen and oxygen atoms in total. The Morgan fingerprint density at radius 1 is 0.676 bits per heavy atom. The second-order valence-electron chi connectivity index (χ2n) is 14.9. The largest absolute Gasteiger partial charge is 0.497 e. The van der Waals surface area contributed by atoms with E-state index in [0.29, 0.717) is 34.2 Å². The summed E-state index contributed by atoms with van der Waals surface area (Å²) in [5, 5.41) is 27.9. The number of amides is 2. The van der Waals surface area contributed by atoms with Gasteiger partial charge in [-0.05, 0) is 73.8 Å². The lowest BCUT2D eigenvalue weighted by atomic mass is 9.94. The van der Waals surface area contributed by atoms with Gasteiger partial charge in [0.2, 0.25) is 0 Å². The van der Waals surface area contributed by atoms with Gasteiger partial charge in [-0.2, -0.15) is 39.5 Å². The number of imide groups is 1. The third-order valence-electron chi connectivity index (χ3n) is 10.5. The summed E-state index contributed by atoms with van der Waals surface area (Å²) in [6.07, 6.45) is -11.8. The molecule has 25 heteroatoms. The Hall–Kier alpha value is -7.28. The van der Waals surface area contributed by atoms with Crippen LogP contribution in [-0.4, -0.2) is 147 Å². The maximum absolute atomic E-state index is 13.7. The Balaban J connectivity index is 0.000000344. The molecule has 0 radical (unpaired) electrons. The van der Waals surface area contributed by atoms with Gasteiger partial charge in [0.1, 0.15) is 12.1 Å². The van der Waals surface area contributed by atoms with Gasteiger partial charge < -0.3 is 35.2 Å².